The van der Waals surface area contributed by atoms with Crippen LogP contribution in [0.5, 0.6) is 0 Å². The first-order valence-corrected chi connectivity index (χ1v) is 7.13. The molecule has 0 aliphatic heterocycles. The molecule has 6 nitrogen and oxygen atoms in total. The van der Waals surface area contributed by atoms with E-state index in [1.54, 1.807) is 0 Å². The van der Waals surface area contributed by atoms with E-state index in [1.807, 2.05) is 24.3 Å². The van der Waals surface area contributed by atoms with E-state index in [2.05, 4.69) is 15.9 Å². The summed E-state index contributed by atoms with van der Waals surface area (Å²) in [6.07, 6.45) is 0. The Morgan fingerprint density at radius 1 is 1.33 bits per heavy atom. The number of aliphatic carboxylic acids is 1. The van der Waals surface area contributed by atoms with E-state index in [-0.39, 0.29) is 25.6 Å². The Morgan fingerprint density at radius 3 is 2.71 bits per heavy atom. The van der Waals surface area contributed by atoms with Gasteiger partial charge in [-0.2, -0.15) is 0 Å². The lowest BCUT2D eigenvalue weighted by molar-refractivity contribution is -0.147. The first-order valence-electron chi connectivity index (χ1n) is 6.33. The van der Waals surface area contributed by atoms with Crippen LogP contribution in [0.2, 0.25) is 0 Å². The van der Waals surface area contributed by atoms with Gasteiger partial charge >= 0.3 is 5.97 Å². The summed E-state index contributed by atoms with van der Waals surface area (Å²) < 4.78 is 10.8. The highest BCUT2D eigenvalue weighted by Gasteiger charge is 2.17. The van der Waals surface area contributed by atoms with Crippen LogP contribution in [-0.2, 0) is 25.6 Å². The number of carbonyl (C=O) groups excluding carboxylic acids is 1. The fraction of sp³-hybridized carbons (Fsp3) is 0.429. The molecule has 1 amide bonds. The summed E-state index contributed by atoms with van der Waals surface area (Å²) in [5.74, 6) is -1.43. The van der Waals surface area contributed by atoms with Crippen molar-refractivity contribution in [2.24, 2.45) is 0 Å². The van der Waals surface area contributed by atoms with Crippen molar-refractivity contribution in [1.82, 2.24) is 4.90 Å². The lowest BCUT2D eigenvalue weighted by atomic mass is 10.2. The van der Waals surface area contributed by atoms with Gasteiger partial charge in [0.05, 0.1) is 13.2 Å². The normalized spacial score (nSPS) is 10.4. The third-order valence-corrected chi connectivity index (χ3v) is 3.09. The molecule has 116 valence electrons. The number of halogens is 1. The molecule has 21 heavy (non-hydrogen) atoms. The summed E-state index contributed by atoms with van der Waals surface area (Å²) in [6.45, 7) is 0.375. The average molecular weight is 360 g/mol. The van der Waals surface area contributed by atoms with E-state index in [9.17, 15) is 9.59 Å². The first kappa shape index (κ1) is 17.6. The van der Waals surface area contributed by atoms with Crippen molar-refractivity contribution in [1.29, 1.82) is 0 Å². The number of amides is 1. The van der Waals surface area contributed by atoms with E-state index in [4.69, 9.17) is 14.6 Å². The Morgan fingerprint density at radius 2 is 2.10 bits per heavy atom. The van der Waals surface area contributed by atoms with Crippen LogP contribution in [0.3, 0.4) is 0 Å². The number of carboxylic acids is 1. The van der Waals surface area contributed by atoms with Crippen LogP contribution in [0.4, 0.5) is 0 Å². The Hall–Kier alpha value is -1.44. The van der Waals surface area contributed by atoms with Crippen LogP contribution < -0.4 is 0 Å². The smallest absolute Gasteiger partial charge is 0.323 e. The Balaban J connectivity index is 2.62. The Labute approximate surface area is 131 Å². The minimum atomic E-state index is -1.06. The van der Waals surface area contributed by atoms with Crippen LogP contribution >= 0.6 is 15.9 Å². The fourth-order valence-corrected chi connectivity index (χ4v) is 2.09. The van der Waals surface area contributed by atoms with Crippen molar-refractivity contribution in [3.63, 3.8) is 0 Å². The summed E-state index contributed by atoms with van der Waals surface area (Å²) in [6, 6.07) is 7.37. The van der Waals surface area contributed by atoms with Crippen molar-refractivity contribution in [3.8, 4) is 0 Å². The van der Waals surface area contributed by atoms with Gasteiger partial charge in [-0.3, -0.25) is 9.59 Å². The number of ether oxygens (including phenoxy) is 2. The molecule has 0 unspecified atom stereocenters. The highest BCUT2D eigenvalue weighted by Crippen LogP contribution is 2.13. The highest BCUT2D eigenvalue weighted by molar-refractivity contribution is 9.10. The molecule has 0 spiro atoms. The molecule has 1 N–H and O–H groups in total. The SMILES string of the molecule is COCCOCC(=O)N(CC(=O)O)Cc1cccc(Br)c1. The molecular formula is C14H18BrNO5. The maximum atomic E-state index is 12.0. The lowest BCUT2D eigenvalue weighted by Gasteiger charge is -2.21. The monoisotopic (exact) mass is 359 g/mol. The third-order valence-electron chi connectivity index (χ3n) is 2.60. The van der Waals surface area contributed by atoms with Gasteiger partial charge in [0, 0.05) is 18.1 Å². The second kappa shape index (κ2) is 9.49. The largest absolute Gasteiger partial charge is 0.480 e. The van der Waals surface area contributed by atoms with Crippen molar-refractivity contribution in [3.05, 3.63) is 34.3 Å². The summed E-state index contributed by atoms with van der Waals surface area (Å²) in [5.41, 5.74) is 0.843. The summed E-state index contributed by atoms with van der Waals surface area (Å²) in [7, 11) is 1.54. The molecule has 0 radical (unpaired) electrons. The number of carboxylic acid groups (broad SMARTS) is 1. The Bertz CT molecular complexity index is 480. The van der Waals surface area contributed by atoms with Gasteiger partial charge in [-0.25, -0.2) is 0 Å². The zero-order chi connectivity index (χ0) is 15.7. The van der Waals surface area contributed by atoms with Gasteiger partial charge in [-0.05, 0) is 17.7 Å². The molecule has 0 bridgehead atoms. The predicted molar refractivity (Wildman–Crippen MR) is 79.9 cm³/mol. The van der Waals surface area contributed by atoms with Crippen molar-refractivity contribution in [2.75, 3.05) is 33.5 Å². The summed E-state index contributed by atoms with van der Waals surface area (Å²) in [5, 5.41) is 8.91. The zero-order valence-corrected chi connectivity index (χ0v) is 13.3. The minimum absolute atomic E-state index is 0.162. The van der Waals surface area contributed by atoms with E-state index >= 15 is 0 Å². The number of hydrogen-bond acceptors (Lipinski definition) is 4. The number of hydrogen-bond donors (Lipinski definition) is 1. The van der Waals surface area contributed by atoms with Gasteiger partial charge in [0.2, 0.25) is 5.91 Å². The standard InChI is InChI=1S/C14H18BrNO5/c1-20-5-6-21-10-13(17)16(9-14(18)19)8-11-3-2-4-12(15)7-11/h2-4,7H,5-6,8-10H2,1H3,(H,18,19). The number of benzene rings is 1. The molecule has 1 aromatic rings. The van der Waals surface area contributed by atoms with E-state index < -0.39 is 5.97 Å². The van der Waals surface area contributed by atoms with Crippen LogP contribution in [0, 0.1) is 0 Å². The summed E-state index contributed by atoms with van der Waals surface area (Å²) >= 11 is 3.34. The molecule has 1 aromatic carbocycles. The fourth-order valence-electron chi connectivity index (χ4n) is 1.64. The molecule has 1 rings (SSSR count). The molecule has 0 heterocycles. The average Bonchev–Trinajstić information content (AvgIpc) is 2.42. The molecule has 0 aromatic heterocycles. The van der Waals surface area contributed by atoms with Crippen molar-refractivity contribution < 1.29 is 24.2 Å². The van der Waals surface area contributed by atoms with Gasteiger partial charge < -0.3 is 19.5 Å². The lowest BCUT2D eigenvalue weighted by Crippen LogP contribution is -2.37. The van der Waals surface area contributed by atoms with Gasteiger partial charge in [0.25, 0.3) is 0 Å². The van der Waals surface area contributed by atoms with Crippen molar-refractivity contribution in [2.45, 2.75) is 6.54 Å². The Kier molecular flexibility index (Phi) is 7.96. The predicted octanol–water partition coefficient (Wildman–Crippen LogP) is 1.53. The second-order valence-corrected chi connectivity index (χ2v) is 5.23. The quantitative estimate of drug-likeness (QED) is 0.676. The maximum Gasteiger partial charge on any atom is 0.323 e. The van der Waals surface area contributed by atoms with Gasteiger partial charge in [-0.15, -0.1) is 0 Å². The van der Waals surface area contributed by atoms with Crippen LogP contribution in [-0.4, -0.2) is 55.4 Å². The number of methoxy groups -OCH3 is 1. The number of nitrogens with zero attached hydrogens (tertiary/aromatic N) is 1. The highest BCUT2D eigenvalue weighted by atomic mass is 79.9. The van der Waals surface area contributed by atoms with Gasteiger partial charge in [0.1, 0.15) is 13.2 Å². The molecule has 0 saturated heterocycles. The third kappa shape index (κ3) is 7.22. The van der Waals surface area contributed by atoms with E-state index in [1.165, 1.54) is 12.0 Å². The summed E-state index contributed by atoms with van der Waals surface area (Å²) in [4.78, 5) is 24.1. The van der Waals surface area contributed by atoms with Crippen LogP contribution in [0.1, 0.15) is 5.56 Å². The van der Waals surface area contributed by atoms with E-state index in [0.29, 0.717) is 13.2 Å². The topological polar surface area (TPSA) is 76.1 Å². The molecule has 7 heteroatoms. The van der Waals surface area contributed by atoms with Gasteiger partial charge in [-0.1, -0.05) is 28.1 Å². The van der Waals surface area contributed by atoms with Gasteiger partial charge in [0.15, 0.2) is 0 Å². The maximum absolute atomic E-state index is 12.0. The zero-order valence-electron chi connectivity index (χ0n) is 11.8. The molecule has 0 aliphatic rings. The molecule has 0 aliphatic carbocycles. The minimum Gasteiger partial charge on any atom is -0.480 e. The number of rotatable bonds is 9. The van der Waals surface area contributed by atoms with Crippen LogP contribution in [0.25, 0.3) is 0 Å². The van der Waals surface area contributed by atoms with Crippen LogP contribution in [0.15, 0.2) is 28.7 Å². The molecule has 0 atom stereocenters. The second-order valence-electron chi connectivity index (χ2n) is 4.32. The molecule has 0 saturated carbocycles. The molecular weight excluding hydrogens is 342 g/mol. The van der Waals surface area contributed by atoms with Crippen molar-refractivity contribution >= 4 is 27.8 Å². The van der Waals surface area contributed by atoms with E-state index in [0.717, 1.165) is 10.0 Å². The number of carbonyl (C=O) groups is 2. The first-order chi connectivity index (χ1) is 10.0. The molecule has 0 fully saturated rings.